The Balaban J connectivity index is 4.01. The second-order valence-electron chi connectivity index (χ2n) is 3.22. The number of nitrogens with one attached hydrogen (secondary N) is 1. The lowest BCUT2D eigenvalue weighted by molar-refractivity contribution is -0.120. The van der Waals surface area contributed by atoms with Crippen LogP contribution in [0.15, 0.2) is 11.6 Å². The van der Waals surface area contributed by atoms with Crippen molar-refractivity contribution in [2.75, 3.05) is 0 Å². The van der Waals surface area contributed by atoms with Crippen LogP contribution in [0.4, 0.5) is 0 Å². The van der Waals surface area contributed by atoms with E-state index < -0.39 is 6.10 Å². The summed E-state index contributed by atoms with van der Waals surface area (Å²) in [5.74, 6) is -0.122. The molecule has 0 aromatic rings. The van der Waals surface area contributed by atoms with Gasteiger partial charge in [-0.05, 0) is 20.8 Å². The molecule has 0 heterocycles. The van der Waals surface area contributed by atoms with Gasteiger partial charge in [0.25, 0.3) is 0 Å². The monoisotopic (exact) mass is 171 g/mol. The predicted octanol–water partition coefficient (Wildman–Crippen LogP) is 0.838. The highest BCUT2D eigenvalue weighted by Gasteiger charge is 2.11. The van der Waals surface area contributed by atoms with Crippen LogP contribution in [-0.4, -0.2) is 23.2 Å². The fourth-order valence-corrected chi connectivity index (χ4v) is 0.892. The van der Waals surface area contributed by atoms with Gasteiger partial charge in [-0.3, -0.25) is 4.79 Å². The van der Waals surface area contributed by atoms with E-state index in [1.807, 2.05) is 13.8 Å². The van der Waals surface area contributed by atoms with Crippen LogP contribution in [-0.2, 0) is 4.79 Å². The first-order valence-electron chi connectivity index (χ1n) is 4.03. The summed E-state index contributed by atoms with van der Waals surface area (Å²) in [7, 11) is 0. The third kappa shape index (κ3) is 4.91. The topological polar surface area (TPSA) is 49.3 Å². The van der Waals surface area contributed by atoms with E-state index in [9.17, 15) is 9.90 Å². The van der Waals surface area contributed by atoms with E-state index >= 15 is 0 Å². The number of hydrogen-bond donors (Lipinski definition) is 2. The summed E-state index contributed by atoms with van der Waals surface area (Å²) in [6.07, 6.45) is 1.12. The third-order valence-corrected chi connectivity index (χ3v) is 1.45. The molecule has 0 fully saturated rings. The molecule has 0 aromatic heterocycles. The molecule has 1 amide bonds. The maximum absolute atomic E-state index is 10.6. The summed E-state index contributed by atoms with van der Waals surface area (Å²) >= 11 is 0. The summed E-state index contributed by atoms with van der Waals surface area (Å²) in [4.78, 5) is 10.6. The highest BCUT2D eigenvalue weighted by atomic mass is 16.3. The van der Waals surface area contributed by atoms with Gasteiger partial charge in [-0.1, -0.05) is 11.6 Å². The fraction of sp³-hybridized carbons (Fsp3) is 0.667. The molecule has 2 N–H and O–H groups in total. The number of allylic oxidation sites excluding steroid dienone is 1. The smallest absolute Gasteiger partial charge is 0.217 e. The second-order valence-corrected chi connectivity index (χ2v) is 3.22. The van der Waals surface area contributed by atoms with E-state index in [0.717, 1.165) is 5.57 Å². The van der Waals surface area contributed by atoms with Gasteiger partial charge in [0.15, 0.2) is 0 Å². The van der Waals surface area contributed by atoms with Crippen molar-refractivity contribution in [1.29, 1.82) is 0 Å². The Labute approximate surface area is 73.5 Å². The third-order valence-electron chi connectivity index (χ3n) is 1.45. The van der Waals surface area contributed by atoms with Crippen LogP contribution in [0.5, 0.6) is 0 Å². The van der Waals surface area contributed by atoms with E-state index in [1.54, 1.807) is 13.0 Å². The summed E-state index contributed by atoms with van der Waals surface area (Å²) < 4.78 is 0. The fourth-order valence-electron chi connectivity index (χ4n) is 0.892. The lowest BCUT2D eigenvalue weighted by Gasteiger charge is -2.16. The first-order valence-corrected chi connectivity index (χ1v) is 4.03. The molecule has 0 spiro atoms. The van der Waals surface area contributed by atoms with Gasteiger partial charge in [0.05, 0.1) is 12.1 Å². The Morgan fingerprint density at radius 2 is 1.92 bits per heavy atom. The molecule has 0 bridgehead atoms. The van der Waals surface area contributed by atoms with Crippen molar-refractivity contribution in [2.24, 2.45) is 0 Å². The molecule has 3 nitrogen and oxygen atoms in total. The number of carbonyl (C=O) groups is 1. The first-order chi connectivity index (χ1) is 5.43. The average molecular weight is 171 g/mol. The maximum atomic E-state index is 10.6. The number of rotatable bonds is 3. The van der Waals surface area contributed by atoms with Gasteiger partial charge in [0.2, 0.25) is 5.91 Å². The van der Waals surface area contributed by atoms with Gasteiger partial charge in [-0.2, -0.15) is 0 Å². The van der Waals surface area contributed by atoms with E-state index in [-0.39, 0.29) is 11.9 Å². The molecule has 0 saturated carbocycles. The van der Waals surface area contributed by atoms with E-state index in [0.29, 0.717) is 0 Å². The van der Waals surface area contributed by atoms with Crippen molar-refractivity contribution < 1.29 is 9.90 Å². The van der Waals surface area contributed by atoms with Crippen molar-refractivity contribution in [3.8, 4) is 0 Å². The van der Waals surface area contributed by atoms with Gasteiger partial charge < -0.3 is 10.4 Å². The number of aliphatic hydroxyl groups is 1. The number of carbonyl (C=O) groups excluding carboxylic acids is 1. The summed E-state index contributed by atoms with van der Waals surface area (Å²) in [5, 5.41) is 12.1. The van der Waals surface area contributed by atoms with Crippen LogP contribution < -0.4 is 5.32 Å². The molecule has 0 aliphatic rings. The summed E-state index contributed by atoms with van der Waals surface area (Å²) in [5.41, 5.74) is 1.04. The molecule has 0 aliphatic carbocycles. The van der Waals surface area contributed by atoms with Gasteiger partial charge in [0.1, 0.15) is 0 Å². The lowest BCUT2D eigenvalue weighted by atomic mass is 10.1. The van der Waals surface area contributed by atoms with E-state index in [1.165, 1.54) is 6.92 Å². The molecule has 0 radical (unpaired) electrons. The molecule has 0 aliphatic heterocycles. The number of aliphatic hydroxyl groups excluding tert-OH is 1. The van der Waals surface area contributed by atoms with E-state index in [4.69, 9.17) is 0 Å². The molecule has 0 rings (SSSR count). The zero-order chi connectivity index (χ0) is 9.72. The maximum Gasteiger partial charge on any atom is 0.217 e. The van der Waals surface area contributed by atoms with Gasteiger partial charge in [0, 0.05) is 6.92 Å². The van der Waals surface area contributed by atoms with Crippen LogP contribution >= 0.6 is 0 Å². The van der Waals surface area contributed by atoms with Gasteiger partial charge in [-0.15, -0.1) is 0 Å². The second kappa shape index (κ2) is 4.93. The molecule has 70 valence electrons. The molecule has 0 saturated heterocycles. The van der Waals surface area contributed by atoms with Gasteiger partial charge >= 0.3 is 0 Å². The van der Waals surface area contributed by atoms with Crippen molar-refractivity contribution in [1.82, 2.24) is 5.32 Å². The van der Waals surface area contributed by atoms with Crippen molar-refractivity contribution in [2.45, 2.75) is 39.8 Å². The van der Waals surface area contributed by atoms with Crippen LogP contribution in [0.2, 0.25) is 0 Å². The highest BCUT2D eigenvalue weighted by molar-refractivity contribution is 5.73. The SMILES string of the molecule is CC(=O)NC(C)C(O)C=C(C)C. The molecule has 2 atom stereocenters. The van der Waals surface area contributed by atoms with Crippen LogP contribution in [0.1, 0.15) is 27.7 Å². The Bertz CT molecular complexity index is 183. The number of hydrogen-bond acceptors (Lipinski definition) is 2. The number of amides is 1. The minimum absolute atomic E-state index is 0.122. The standard InChI is InChI=1S/C9H17NO2/c1-6(2)5-9(12)7(3)10-8(4)11/h5,7,9,12H,1-4H3,(H,10,11). The Kier molecular flexibility index (Phi) is 4.59. The minimum Gasteiger partial charge on any atom is -0.387 e. The minimum atomic E-state index is -0.598. The van der Waals surface area contributed by atoms with E-state index in [2.05, 4.69) is 5.32 Å². The molecule has 3 heteroatoms. The van der Waals surface area contributed by atoms with Crippen molar-refractivity contribution in [3.63, 3.8) is 0 Å². The molecular formula is C9H17NO2. The average Bonchev–Trinajstić information content (AvgIpc) is 1.84. The Morgan fingerprint density at radius 3 is 2.25 bits per heavy atom. The van der Waals surface area contributed by atoms with Crippen molar-refractivity contribution in [3.05, 3.63) is 11.6 Å². The first kappa shape index (κ1) is 11.2. The molecule has 0 aromatic carbocycles. The Hall–Kier alpha value is -0.830. The Morgan fingerprint density at radius 1 is 1.42 bits per heavy atom. The summed E-state index contributed by atoms with van der Waals surface area (Å²) in [6.45, 7) is 7.02. The molecule has 2 unspecified atom stereocenters. The molecule has 12 heavy (non-hydrogen) atoms. The highest BCUT2D eigenvalue weighted by Crippen LogP contribution is 1.99. The molecular weight excluding hydrogens is 154 g/mol. The van der Waals surface area contributed by atoms with Crippen LogP contribution in [0.3, 0.4) is 0 Å². The van der Waals surface area contributed by atoms with Gasteiger partial charge in [-0.25, -0.2) is 0 Å². The van der Waals surface area contributed by atoms with Crippen molar-refractivity contribution >= 4 is 5.91 Å². The zero-order valence-corrected chi connectivity index (χ0v) is 8.09. The normalized spacial score (nSPS) is 14.8. The predicted molar refractivity (Wildman–Crippen MR) is 48.7 cm³/mol. The lowest BCUT2D eigenvalue weighted by Crippen LogP contribution is -2.39. The quantitative estimate of drug-likeness (QED) is 0.618. The largest absolute Gasteiger partial charge is 0.387 e. The zero-order valence-electron chi connectivity index (χ0n) is 8.09. The van der Waals surface area contributed by atoms with Crippen LogP contribution in [0, 0.1) is 0 Å². The van der Waals surface area contributed by atoms with Crippen LogP contribution in [0.25, 0.3) is 0 Å². The summed E-state index contributed by atoms with van der Waals surface area (Å²) in [6, 6.07) is -0.225.